The van der Waals surface area contributed by atoms with Crippen molar-refractivity contribution in [1.82, 2.24) is 4.98 Å². The summed E-state index contributed by atoms with van der Waals surface area (Å²) < 4.78 is 8.98. The highest BCUT2D eigenvalue weighted by Gasteiger charge is 2.05. The molecule has 0 aromatic carbocycles. The van der Waals surface area contributed by atoms with Crippen molar-refractivity contribution in [2.24, 2.45) is 0 Å². The van der Waals surface area contributed by atoms with E-state index in [1.807, 2.05) is 0 Å². The molecule has 1 rings (SSSR count). The summed E-state index contributed by atoms with van der Waals surface area (Å²) in [6.07, 6.45) is 2.98. The van der Waals surface area contributed by atoms with Crippen molar-refractivity contribution in [3.63, 3.8) is 0 Å². The Hall–Kier alpha value is -1.91. The molecule has 1 aromatic rings. The Labute approximate surface area is 80.7 Å². The van der Waals surface area contributed by atoms with Crippen LogP contribution in [0.2, 0.25) is 0 Å². The average molecular weight is 194 g/mol. The molecule has 5 nitrogen and oxygen atoms in total. The zero-order valence-corrected chi connectivity index (χ0v) is 7.30. The number of rotatable bonds is 5. The minimum Gasteiger partial charge on any atom is -0.458 e. The van der Waals surface area contributed by atoms with Crippen molar-refractivity contribution in [2.75, 3.05) is 13.2 Å². The molecule has 0 atom stereocenters. The number of esters is 1. The van der Waals surface area contributed by atoms with E-state index in [9.17, 15) is 9.59 Å². The highest BCUT2D eigenvalue weighted by Crippen LogP contribution is 1.98. The highest BCUT2D eigenvalue weighted by molar-refractivity contribution is 5.89. The van der Waals surface area contributed by atoms with Crippen LogP contribution in [-0.2, 0) is 14.3 Å². The largest absolute Gasteiger partial charge is 0.458 e. The van der Waals surface area contributed by atoms with Crippen molar-refractivity contribution < 1.29 is 19.1 Å². The Morgan fingerprint density at radius 3 is 2.71 bits per heavy atom. The monoisotopic (exact) mass is 194 g/mol. The fraction of sp³-hybridized carbons (Fsp3) is 0.222. The van der Waals surface area contributed by atoms with Crippen LogP contribution in [0.25, 0.3) is 0 Å². The molecule has 0 bridgehead atoms. The van der Waals surface area contributed by atoms with Gasteiger partial charge in [-0.1, -0.05) is 0 Å². The fourth-order valence-corrected chi connectivity index (χ4v) is 0.789. The summed E-state index contributed by atoms with van der Waals surface area (Å²) in [4.78, 5) is 24.6. The first-order valence-corrected chi connectivity index (χ1v) is 3.90. The van der Waals surface area contributed by atoms with Gasteiger partial charge in [0.1, 0.15) is 13.2 Å². The number of aromatic nitrogens is 1. The molecule has 1 radical (unpaired) electrons. The summed E-state index contributed by atoms with van der Waals surface area (Å²) in [7, 11) is 0. The Bertz CT molecular complexity index is 299. The van der Waals surface area contributed by atoms with Crippen molar-refractivity contribution in [3.8, 4) is 0 Å². The van der Waals surface area contributed by atoms with Crippen LogP contribution in [0.4, 0.5) is 0 Å². The van der Waals surface area contributed by atoms with E-state index in [-0.39, 0.29) is 13.2 Å². The van der Waals surface area contributed by atoms with Crippen LogP contribution in [-0.4, -0.2) is 30.6 Å². The van der Waals surface area contributed by atoms with Gasteiger partial charge in [0.25, 0.3) is 0 Å². The Morgan fingerprint density at radius 2 is 2.07 bits per heavy atom. The molecule has 0 fully saturated rings. The second-order valence-electron chi connectivity index (χ2n) is 2.30. The van der Waals surface area contributed by atoms with Crippen LogP contribution < -0.4 is 0 Å². The van der Waals surface area contributed by atoms with Crippen molar-refractivity contribution in [2.45, 2.75) is 0 Å². The highest BCUT2D eigenvalue weighted by atomic mass is 16.6. The fourth-order valence-electron chi connectivity index (χ4n) is 0.789. The molecule has 0 aliphatic heterocycles. The molecule has 0 aliphatic rings. The normalized spacial score (nSPS) is 9.14. The maximum absolute atomic E-state index is 11.2. The van der Waals surface area contributed by atoms with E-state index < -0.39 is 5.97 Å². The van der Waals surface area contributed by atoms with Crippen LogP contribution in [0.3, 0.4) is 0 Å². The van der Waals surface area contributed by atoms with Gasteiger partial charge >= 0.3 is 12.4 Å². The Balaban J connectivity index is 2.32. The van der Waals surface area contributed by atoms with Gasteiger partial charge in [-0.3, -0.25) is 4.98 Å². The van der Waals surface area contributed by atoms with E-state index in [1.165, 1.54) is 31.0 Å². The van der Waals surface area contributed by atoms with Crippen LogP contribution in [0.1, 0.15) is 10.4 Å². The van der Waals surface area contributed by atoms with E-state index in [2.05, 4.69) is 9.72 Å². The van der Waals surface area contributed by atoms with Gasteiger partial charge in [-0.2, -0.15) is 0 Å². The SMILES string of the molecule is O=[C]OCCOC(=O)c1ccncc1. The number of carbonyl (C=O) groups is 1. The van der Waals surface area contributed by atoms with Gasteiger partial charge in [-0.25, -0.2) is 9.59 Å². The molecular weight excluding hydrogens is 186 g/mol. The Kier molecular flexibility index (Phi) is 4.13. The topological polar surface area (TPSA) is 65.5 Å². The molecule has 0 saturated carbocycles. The first-order valence-electron chi connectivity index (χ1n) is 3.90. The predicted octanol–water partition coefficient (Wildman–Crippen LogP) is 0.322. The molecule has 1 heterocycles. The van der Waals surface area contributed by atoms with Gasteiger partial charge in [-0.05, 0) is 12.1 Å². The van der Waals surface area contributed by atoms with Gasteiger partial charge in [0.2, 0.25) is 0 Å². The Morgan fingerprint density at radius 1 is 1.36 bits per heavy atom. The van der Waals surface area contributed by atoms with Crippen LogP contribution in [0.15, 0.2) is 24.5 Å². The minimum atomic E-state index is -0.470. The van der Waals surface area contributed by atoms with Gasteiger partial charge in [-0.15, -0.1) is 0 Å². The lowest BCUT2D eigenvalue weighted by atomic mass is 10.3. The molecule has 73 valence electrons. The number of pyridine rings is 1. The zero-order valence-electron chi connectivity index (χ0n) is 7.30. The number of hydrogen-bond donors (Lipinski definition) is 0. The number of ether oxygens (including phenoxy) is 2. The number of hydrogen-bond acceptors (Lipinski definition) is 5. The standard InChI is InChI=1S/C9H8NO4/c11-7-13-5-6-14-9(12)8-1-3-10-4-2-8/h1-4H,5-6H2. The van der Waals surface area contributed by atoms with E-state index in [0.717, 1.165) is 0 Å². The van der Waals surface area contributed by atoms with Gasteiger partial charge in [0.15, 0.2) is 0 Å². The molecule has 5 heteroatoms. The van der Waals surface area contributed by atoms with Crippen molar-refractivity contribution >= 4 is 12.4 Å². The number of carbonyl (C=O) groups excluding carboxylic acids is 2. The van der Waals surface area contributed by atoms with Gasteiger partial charge < -0.3 is 9.47 Å². The summed E-state index contributed by atoms with van der Waals surface area (Å²) in [5.41, 5.74) is 0.412. The third-order valence-electron chi connectivity index (χ3n) is 1.39. The first kappa shape index (κ1) is 10.2. The molecule has 0 saturated heterocycles. The molecule has 14 heavy (non-hydrogen) atoms. The van der Waals surface area contributed by atoms with E-state index in [4.69, 9.17) is 4.74 Å². The van der Waals surface area contributed by atoms with Crippen LogP contribution >= 0.6 is 0 Å². The second kappa shape index (κ2) is 5.69. The summed E-state index contributed by atoms with van der Waals surface area (Å²) in [5, 5.41) is 0. The quantitative estimate of drug-likeness (QED) is 0.499. The smallest absolute Gasteiger partial charge is 0.417 e. The molecule has 0 N–H and O–H groups in total. The molecule has 1 aromatic heterocycles. The average Bonchev–Trinajstić information content (AvgIpc) is 2.25. The third kappa shape index (κ3) is 3.22. The summed E-state index contributed by atoms with van der Waals surface area (Å²) in [6.45, 7) is 1.27. The van der Waals surface area contributed by atoms with Gasteiger partial charge in [0, 0.05) is 12.4 Å². The van der Waals surface area contributed by atoms with Crippen molar-refractivity contribution in [1.29, 1.82) is 0 Å². The van der Waals surface area contributed by atoms with Crippen molar-refractivity contribution in [3.05, 3.63) is 30.1 Å². The molecule has 0 amide bonds. The maximum atomic E-state index is 11.2. The van der Waals surface area contributed by atoms with Crippen LogP contribution in [0, 0.1) is 0 Å². The lowest BCUT2D eigenvalue weighted by Crippen LogP contribution is -2.10. The molecular formula is C9H8NO4. The van der Waals surface area contributed by atoms with Crippen LogP contribution in [0.5, 0.6) is 0 Å². The lowest BCUT2D eigenvalue weighted by Gasteiger charge is -2.02. The zero-order chi connectivity index (χ0) is 10.2. The van der Waals surface area contributed by atoms with E-state index >= 15 is 0 Å². The van der Waals surface area contributed by atoms with Gasteiger partial charge in [0.05, 0.1) is 5.56 Å². The summed E-state index contributed by atoms with van der Waals surface area (Å²) >= 11 is 0. The second-order valence-corrected chi connectivity index (χ2v) is 2.30. The number of nitrogens with zero attached hydrogens (tertiary/aromatic N) is 1. The van der Waals surface area contributed by atoms with E-state index in [1.54, 1.807) is 0 Å². The lowest BCUT2D eigenvalue weighted by molar-refractivity contribution is 0.0440. The molecule has 0 unspecified atom stereocenters. The molecule has 0 aliphatic carbocycles. The van der Waals surface area contributed by atoms with E-state index in [0.29, 0.717) is 5.56 Å². The minimum absolute atomic E-state index is 0.0142. The predicted molar refractivity (Wildman–Crippen MR) is 46.2 cm³/mol. The third-order valence-corrected chi connectivity index (χ3v) is 1.39. The summed E-state index contributed by atoms with van der Waals surface area (Å²) in [6, 6.07) is 3.07. The molecule has 0 spiro atoms. The summed E-state index contributed by atoms with van der Waals surface area (Å²) in [5.74, 6) is -0.470. The maximum Gasteiger partial charge on any atom is 0.417 e. The first-order chi connectivity index (χ1) is 6.84.